The molecule has 0 bridgehead atoms. The van der Waals surface area contributed by atoms with E-state index in [1.165, 1.54) is 12.0 Å². The first-order valence-corrected chi connectivity index (χ1v) is 4.93. The average Bonchev–Trinajstić information content (AvgIpc) is 2.18. The van der Waals surface area contributed by atoms with Crippen LogP contribution in [0.25, 0.3) is 0 Å². The Hall–Kier alpha value is -1.04. The standard InChI is InChI=1S/C13H18/c1-4-11(3)10-13-9-7-6-8-12(13)5-2/h4,6-10,12-13H,1,5H2,2-3H3/b11-10-. The highest BCUT2D eigenvalue weighted by atomic mass is 14.2. The fourth-order valence-corrected chi connectivity index (χ4v) is 1.63. The van der Waals surface area contributed by atoms with E-state index in [4.69, 9.17) is 0 Å². The van der Waals surface area contributed by atoms with E-state index in [9.17, 15) is 0 Å². The Bertz CT molecular complexity index is 253. The van der Waals surface area contributed by atoms with Crippen LogP contribution in [0.1, 0.15) is 20.3 Å². The fourth-order valence-electron chi connectivity index (χ4n) is 1.63. The molecule has 0 aromatic heterocycles. The maximum atomic E-state index is 3.77. The van der Waals surface area contributed by atoms with Crippen LogP contribution in [0.4, 0.5) is 0 Å². The van der Waals surface area contributed by atoms with Crippen LogP contribution in [0.5, 0.6) is 0 Å². The number of allylic oxidation sites excluding steroid dienone is 7. The van der Waals surface area contributed by atoms with Crippen molar-refractivity contribution in [3.8, 4) is 0 Å². The summed E-state index contributed by atoms with van der Waals surface area (Å²) in [7, 11) is 0. The summed E-state index contributed by atoms with van der Waals surface area (Å²) in [5.41, 5.74) is 1.27. The molecule has 0 saturated heterocycles. The van der Waals surface area contributed by atoms with Gasteiger partial charge in [-0.3, -0.25) is 0 Å². The zero-order chi connectivity index (χ0) is 9.68. The SMILES string of the molecule is C=C/C(C)=C\C1C=CC=CC1CC. The maximum Gasteiger partial charge on any atom is 0.00182 e. The molecule has 0 heterocycles. The van der Waals surface area contributed by atoms with Crippen molar-refractivity contribution in [2.45, 2.75) is 20.3 Å². The Morgan fingerprint density at radius 3 is 2.69 bits per heavy atom. The molecule has 0 heteroatoms. The first kappa shape index (κ1) is 10.0. The Morgan fingerprint density at radius 1 is 1.38 bits per heavy atom. The highest BCUT2D eigenvalue weighted by Gasteiger charge is 2.13. The van der Waals surface area contributed by atoms with E-state index in [1.54, 1.807) is 0 Å². The Kier molecular flexibility index (Phi) is 3.75. The fraction of sp³-hybridized carbons (Fsp3) is 0.385. The second kappa shape index (κ2) is 4.86. The van der Waals surface area contributed by atoms with E-state index in [0.29, 0.717) is 11.8 Å². The van der Waals surface area contributed by atoms with E-state index in [1.807, 2.05) is 6.08 Å². The van der Waals surface area contributed by atoms with Crippen LogP contribution in [-0.2, 0) is 0 Å². The van der Waals surface area contributed by atoms with Gasteiger partial charge in [-0.25, -0.2) is 0 Å². The van der Waals surface area contributed by atoms with Gasteiger partial charge in [0.2, 0.25) is 0 Å². The highest BCUT2D eigenvalue weighted by Crippen LogP contribution is 2.24. The largest absolute Gasteiger partial charge is 0.0988 e. The summed E-state index contributed by atoms with van der Waals surface area (Å²) in [5.74, 6) is 1.23. The van der Waals surface area contributed by atoms with Gasteiger partial charge in [0.25, 0.3) is 0 Å². The summed E-state index contributed by atoms with van der Waals surface area (Å²) in [6.07, 6.45) is 14.2. The Balaban J connectivity index is 2.73. The molecule has 0 spiro atoms. The molecule has 0 saturated carbocycles. The van der Waals surface area contributed by atoms with Crippen LogP contribution in [0.2, 0.25) is 0 Å². The lowest BCUT2D eigenvalue weighted by Crippen LogP contribution is -2.09. The zero-order valence-corrected chi connectivity index (χ0v) is 8.53. The molecule has 70 valence electrons. The third kappa shape index (κ3) is 2.73. The van der Waals surface area contributed by atoms with E-state index in [2.05, 4.69) is 50.8 Å². The summed E-state index contributed by atoms with van der Waals surface area (Å²) in [6.45, 7) is 8.10. The molecular formula is C13H18. The summed E-state index contributed by atoms with van der Waals surface area (Å²) in [4.78, 5) is 0. The molecule has 0 radical (unpaired) electrons. The molecule has 1 rings (SSSR count). The lowest BCUT2D eigenvalue weighted by Gasteiger charge is -2.20. The monoisotopic (exact) mass is 174 g/mol. The first-order chi connectivity index (χ1) is 6.27. The molecule has 0 aliphatic heterocycles. The van der Waals surface area contributed by atoms with Crippen LogP contribution in [0.15, 0.2) is 48.6 Å². The second-order valence-electron chi connectivity index (χ2n) is 3.53. The van der Waals surface area contributed by atoms with Crippen molar-refractivity contribution in [2.75, 3.05) is 0 Å². The van der Waals surface area contributed by atoms with Gasteiger partial charge in [0, 0.05) is 5.92 Å². The van der Waals surface area contributed by atoms with Crippen molar-refractivity contribution in [2.24, 2.45) is 11.8 Å². The van der Waals surface area contributed by atoms with Crippen molar-refractivity contribution in [3.05, 3.63) is 48.6 Å². The smallest absolute Gasteiger partial charge is 0.00182 e. The molecular weight excluding hydrogens is 156 g/mol. The van der Waals surface area contributed by atoms with Crippen molar-refractivity contribution in [1.82, 2.24) is 0 Å². The summed E-state index contributed by atoms with van der Waals surface area (Å²) in [5, 5.41) is 0. The minimum Gasteiger partial charge on any atom is -0.0988 e. The zero-order valence-electron chi connectivity index (χ0n) is 8.53. The molecule has 2 unspecified atom stereocenters. The third-order valence-electron chi connectivity index (χ3n) is 2.55. The third-order valence-corrected chi connectivity index (χ3v) is 2.55. The molecule has 0 aromatic carbocycles. The number of hydrogen-bond donors (Lipinski definition) is 0. The normalized spacial score (nSPS) is 27.7. The van der Waals surface area contributed by atoms with Gasteiger partial charge in [-0.1, -0.05) is 55.5 Å². The minimum atomic E-state index is 0.563. The van der Waals surface area contributed by atoms with Gasteiger partial charge >= 0.3 is 0 Å². The quantitative estimate of drug-likeness (QED) is 0.569. The van der Waals surface area contributed by atoms with Crippen LogP contribution in [-0.4, -0.2) is 0 Å². The van der Waals surface area contributed by atoms with Gasteiger partial charge in [0.05, 0.1) is 0 Å². The second-order valence-corrected chi connectivity index (χ2v) is 3.53. The van der Waals surface area contributed by atoms with E-state index in [0.717, 1.165) is 0 Å². The summed E-state index contributed by atoms with van der Waals surface area (Å²) in [6, 6.07) is 0. The lowest BCUT2D eigenvalue weighted by atomic mass is 9.85. The lowest BCUT2D eigenvalue weighted by molar-refractivity contribution is 0.532. The van der Waals surface area contributed by atoms with E-state index >= 15 is 0 Å². The van der Waals surface area contributed by atoms with Crippen molar-refractivity contribution in [3.63, 3.8) is 0 Å². The molecule has 1 aliphatic rings. The van der Waals surface area contributed by atoms with Crippen LogP contribution in [0.3, 0.4) is 0 Å². The minimum absolute atomic E-state index is 0.563. The first-order valence-electron chi connectivity index (χ1n) is 4.93. The molecule has 1 aliphatic carbocycles. The van der Waals surface area contributed by atoms with Crippen LogP contribution < -0.4 is 0 Å². The predicted octanol–water partition coefficient (Wildman–Crippen LogP) is 3.89. The molecule has 0 nitrogen and oxygen atoms in total. The number of rotatable bonds is 3. The maximum absolute atomic E-state index is 3.77. The molecule has 0 amide bonds. The molecule has 0 N–H and O–H groups in total. The molecule has 0 aromatic rings. The topological polar surface area (TPSA) is 0 Å². The van der Waals surface area contributed by atoms with Gasteiger partial charge < -0.3 is 0 Å². The molecule has 2 atom stereocenters. The van der Waals surface area contributed by atoms with Crippen molar-refractivity contribution >= 4 is 0 Å². The summed E-state index contributed by atoms with van der Waals surface area (Å²) >= 11 is 0. The Labute approximate surface area is 81.4 Å². The Morgan fingerprint density at radius 2 is 2.08 bits per heavy atom. The average molecular weight is 174 g/mol. The van der Waals surface area contributed by atoms with Crippen LogP contribution in [0, 0.1) is 11.8 Å². The van der Waals surface area contributed by atoms with Crippen molar-refractivity contribution in [1.29, 1.82) is 0 Å². The van der Waals surface area contributed by atoms with E-state index in [-0.39, 0.29) is 0 Å². The molecule has 13 heavy (non-hydrogen) atoms. The summed E-state index contributed by atoms with van der Waals surface area (Å²) < 4.78 is 0. The van der Waals surface area contributed by atoms with Gasteiger partial charge in [0.1, 0.15) is 0 Å². The van der Waals surface area contributed by atoms with Crippen molar-refractivity contribution < 1.29 is 0 Å². The van der Waals surface area contributed by atoms with Gasteiger partial charge in [-0.15, -0.1) is 0 Å². The molecule has 0 fully saturated rings. The predicted molar refractivity (Wildman–Crippen MR) is 59.5 cm³/mol. The van der Waals surface area contributed by atoms with Gasteiger partial charge in [-0.2, -0.15) is 0 Å². The van der Waals surface area contributed by atoms with Gasteiger partial charge in [0.15, 0.2) is 0 Å². The van der Waals surface area contributed by atoms with E-state index < -0.39 is 0 Å². The number of hydrogen-bond acceptors (Lipinski definition) is 0. The van der Waals surface area contributed by atoms with Gasteiger partial charge in [-0.05, 0) is 19.3 Å². The highest BCUT2D eigenvalue weighted by molar-refractivity contribution is 5.23. The van der Waals surface area contributed by atoms with Crippen LogP contribution >= 0.6 is 0 Å².